The van der Waals surface area contributed by atoms with Gasteiger partial charge in [-0.05, 0) is 32.7 Å². The van der Waals surface area contributed by atoms with E-state index in [1.807, 2.05) is 0 Å². The minimum absolute atomic E-state index is 0.101. The van der Waals surface area contributed by atoms with Gasteiger partial charge in [0.2, 0.25) is 5.88 Å². The van der Waals surface area contributed by atoms with Gasteiger partial charge in [0.05, 0.1) is 25.4 Å². The maximum atomic E-state index is 6.01. The van der Waals surface area contributed by atoms with Crippen LogP contribution in [0.25, 0.3) is 0 Å². The lowest BCUT2D eigenvalue weighted by molar-refractivity contribution is 0.0472. The van der Waals surface area contributed by atoms with Gasteiger partial charge in [0.15, 0.2) is 0 Å². The van der Waals surface area contributed by atoms with Crippen LogP contribution >= 0.6 is 0 Å². The molecule has 0 amide bonds. The summed E-state index contributed by atoms with van der Waals surface area (Å²) in [5.41, 5.74) is 0.884. The smallest absolute Gasteiger partial charge is 0.237 e. The summed E-state index contributed by atoms with van der Waals surface area (Å²) in [5, 5.41) is 3.62. The summed E-state index contributed by atoms with van der Waals surface area (Å²) in [5.74, 6) is 1.42. The molecule has 1 aromatic heterocycles. The minimum Gasteiger partial charge on any atom is -0.480 e. The molecule has 0 spiro atoms. The first-order chi connectivity index (χ1) is 10.1. The molecule has 0 radical (unpaired) electrons. The molecule has 5 heteroatoms. The third-order valence-corrected chi connectivity index (χ3v) is 4.50. The Labute approximate surface area is 127 Å². The quantitative estimate of drug-likeness (QED) is 0.873. The van der Waals surface area contributed by atoms with Crippen molar-refractivity contribution in [2.24, 2.45) is 11.8 Å². The fourth-order valence-electron chi connectivity index (χ4n) is 3.29. The summed E-state index contributed by atoms with van der Waals surface area (Å²) < 4.78 is 11.4. The van der Waals surface area contributed by atoms with E-state index in [1.54, 1.807) is 19.5 Å². The van der Waals surface area contributed by atoms with Gasteiger partial charge in [0, 0.05) is 18.3 Å². The summed E-state index contributed by atoms with van der Waals surface area (Å²) in [4.78, 5) is 8.84. The van der Waals surface area contributed by atoms with Crippen molar-refractivity contribution >= 4 is 0 Å². The van der Waals surface area contributed by atoms with Crippen LogP contribution < -0.4 is 10.1 Å². The van der Waals surface area contributed by atoms with Crippen LogP contribution in [0, 0.1) is 11.8 Å². The van der Waals surface area contributed by atoms with Gasteiger partial charge < -0.3 is 14.8 Å². The topological polar surface area (TPSA) is 56.3 Å². The van der Waals surface area contributed by atoms with Crippen LogP contribution in [0.15, 0.2) is 12.4 Å². The summed E-state index contributed by atoms with van der Waals surface area (Å²) in [6.45, 7) is 9.65. The van der Waals surface area contributed by atoms with Crippen LogP contribution in [-0.4, -0.2) is 35.8 Å². The third-order valence-electron chi connectivity index (χ3n) is 4.50. The fraction of sp³-hybridized carbons (Fsp3) is 0.750. The Morgan fingerprint density at radius 2 is 1.95 bits per heavy atom. The van der Waals surface area contributed by atoms with Crippen molar-refractivity contribution < 1.29 is 9.47 Å². The molecule has 1 aliphatic rings. The highest BCUT2D eigenvalue weighted by atomic mass is 16.5. The van der Waals surface area contributed by atoms with E-state index in [2.05, 4.69) is 43.0 Å². The Morgan fingerprint density at radius 3 is 2.52 bits per heavy atom. The van der Waals surface area contributed by atoms with Crippen molar-refractivity contribution in [3.05, 3.63) is 18.1 Å². The SMILES string of the molecule is CCCNC(c1nccnc1OC)C1C(C)OC(C)C1C. The van der Waals surface area contributed by atoms with E-state index in [1.165, 1.54) is 0 Å². The average molecular weight is 293 g/mol. The maximum absolute atomic E-state index is 6.01. The van der Waals surface area contributed by atoms with Crippen molar-refractivity contribution in [2.75, 3.05) is 13.7 Å². The van der Waals surface area contributed by atoms with Crippen LogP contribution in [-0.2, 0) is 4.74 Å². The molecule has 118 valence electrons. The average Bonchev–Trinajstić information content (AvgIpc) is 2.74. The molecule has 5 atom stereocenters. The Hall–Kier alpha value is -1.20. The lowest BCUT2D eigenvalue weighted by Gasteiger charge is -2.30. The van der Waals surface area contributed by atoms with E-state index >= 15 is 0 Å². The Bertz CT molecular complexity index is 455. The first-order valence-electron chi connectivity index (χ1n) is 7.83. The molecule has 1 saturated heterocycles. The summed E-state index contributed by atoms with van der Waals surface area (Å²) >= 11 is 0. The van der Waals surface area contributed by atoms with Crippen LogP contribution in [0.4, 0.5) is 0 Å². The highest BCUT2D eigenvalue weighted by Crippen LogP contribution is 2.41. The van der Waals surface area contributed by atoms with Crippen LogP contribution in [0.3, 0.4) is 0 Å². The lowest BCUT2D eigenvalue weighted by atomic mass is 9.82. The standard InChI is InChI=1S/C16H27N3O2/c1-6-7-17-14(13-10(2)11(3)21-12(13)4)15-16(20-5)19-9-8-18-15/h8-14,17H,6-7H2,1-5H3. The number of ether oxygens (including phenoxy) is 2. The molecule has 5 nitrogen and oxygen atoms in total. The Balaban J connectivity index is 2.34. The van der Waals surface area contributed by atoms with Gasteiger partial charge >= 0.3 is 0 Å². The summed E-state index contributed by atoms with van der Waals surface area (Å²) in [6, 6.07) is 0.101. The van der Waals surface area contributed by atoms with E-state index in [9.17, 15) is 0 Å². The van der Waals surface area contributed by atoms with Crippen molar-refractivity contribution in [2.45, 2.75) is 52.4 Å². The van der Waals surface area contributed by atoms with Gasteiger partial charge in [-0.2, -0.15) is 0 Å². The van der Waals surface area contributed by atoms with Gasteiger partial charge in [-0.1, -0.05) is 13.8 Å². The molecule has 0 aliphatic carbocycles. The molecule has 0 saturated carbocycles. The molecule has 2 rings (SSSR count). The largest absolute Gasteiger partial charge is 0.480 e. The van der Waals surface area contributed by atoms with Crippen LogP contribution in [0.1, 0.15) is 45.9 Å². The van der Waals surface area contributed by atoms with Crippen LogP contribution in [0.2, 0.25) is 0 Å². The van der Waals surface area contributed by atoms with Crippen molar-refractivity contribution in [1.82, 2.24) is 15.3 Å². The Kier molecular flexibility index (Phi) is 5.53. The number of nitrogens with zero attached hydrogens (tertiary/aromatic N) is 2. The van der Waals surface area contributed by atoms with E-state index in [0.29, 0.717) is 17.7 Å². The van der Waals surface area contributed by atoms with Gasteiger partial charge in [-0.3, -0.25) is 4.98 Å². The van der Waals surface area contributed by atoms with Gasteiger partial charge in [-0.15, -0.1) is 0 Å². The molecular formula is C16H27N3O2. The van der Waals surface area contributed by atoms with Crippen LogP contribution in [0.5, 0.6) is 5.88 Å². The van der Waals surface area contributed by atoms with Crippen molar-refractivity contribution in [3.8, 4) is 5.88 Å². The second kappa shape index (κ2) is 7.18. The molecule has 1 aromatic rings. The zero-order valence-corrected chi connectivity index (χ0v) is 13.7. The van der Waals surface area contributed by atoms with Crippen molar-refractivity contribution in [3.63, 3.8) is 0 Å². The first kappa shape index (κ1) is 16.2. The number of rotatable bonds is 6. The number of nitrogens with one attached hydrogen (secondary N) is 1. The van der Waals surface area contributed by atoms with Gasteiger partial charge in [0.1, 0.15) is 5.69 Å². The molecule has 1 fully saturated rings. The molecule has 21 heavy (non-hydrogen) atoms. The normalized spacial score (nSPS) is 30.3. The zero-order valence-electron chi connectivity index (χ0n) is 13.7. The first-order valence-corrected chi connectivity index (χ1v) is 7.83. The van der Waals surface area contributed by atoms with E-state index in [4.69, 9.17) is 9.47 Å². The fourth-order valence-corrected chi connectivity index (χ4v) is 3.29. The zero-order chi connectivity index (χ0) is 15.4. The number of hydrogen-bond acceptors (Lipinski definition) is 5. The molecule has 1 N–H and O–H groups in total. The predicted octanol–water partition coefficient (Wildman–Crippen LogP) is 2.59. The maximum Gasteiger partial charge on any atom is 0.237 e. The second-order valence-electron chi connectivity index (χ2n) is 5.87. The highest BCUT2D eigenvalue weighted by Gasteiger charge is 2.43. The highest BCUT2D eigenvalue weighted by molar-refractivity contribution is 5.23. The Morgan fingerprint density at radius 1 is 1.24 bits per heavy atom. The van der Waals surface area contributed by atoms with Gasteiger partial charge in [0.25, 0.3) is 0 Å². The summed E-state index contributed by atoms with van der Waals surface area (Å²) in [7, 11) is 1.64. The number of aromatic nitrogens is 2. The van der Waals surface area contributed by atoms with E-state index in [-0.39, 0.29) is 18.2 Å². The van der Waals surface area contributed by atoms with E-state index in [0.717, 1.165) is 18.7 Å². The summed E-state index contributed by atoms with van der Waals surface area (Å²) in [6.07, 6.45) is 4.92. The van der Waals surface area contributed by atoms with Gasteiger partial charge in [-0.25, -0.2) is 4.98 Å². The van der Waals surface area contributed by atoms with Crippen molar-refractivity contribution in [1.29, 1.82) is 0 Å². The number of hydrogen-bond donors (Lipinski definition) is 1. The third kappa shape index (κ3) is 3.35. The number of methoxy groups -OCH3 is 1. The predicted molar refractivity (Wildman–Crippen MR) is 82.3 cm³/mol. The monoisotopic (exact) mass is 293 g/mol. The second-order valence-corrected chi connectivity index (χ2v) is 5.87. The molecular weight excluding hydrogens is 266 g/mol. The molecule has 1 aliphatic heterocycles. The molecule has 2 heterocycles. The molecule has 0 aromatic carbocycles. The minimum atomic E-state index is 0.101. The van der Waals surface area contributed by atoms with E-state index < -0.39 is 0 Å². The lowest BCUT2D eigenvalue weighted by Crippen LogP contribution is -2.36. The molecule has 0 bridgehead atoms. The molecule has 5 unspecified atom stereocenters.